The Morgan fingerprint density at radius 2 is 1.73 bits per heavy atom. The highest BCUT2D eigenvalue weighted by Gasteiger charge is 2.35. The van der Waals surface area contributed by atoms with Crippen molar-refractivity contribution in [3.05, 3.63) is 60.2 Å². The third-order valence-corrected chi connectivity index (χ3v) is 5.51. The summed E-state index contributed by atoms with van der Waals surface area (Å²) in [5, 5.41) is 2.94. The Labute approximate surface area is 176 Å². The van der Waals surface area contributed by atoms with E-state index in [4.69, 9.17) is 9.47 Å². The Hall–Kier alpha value is -3.06. The van der Waals surface area contributed by atoms with Gasteiger partial charge in [-0.15, -0.1) is 0 Å². The molecule has 0 radical (unpaired) electrons. The van der Waals surface area contributed by atoms with E-state index in [2.05, 4.69) is 10.2 Å². The van der Waals surface area contributed by atoms with Gasteiger partial charge < -0.3 is 19.7 Å². The zero-order valence-corrected chi connectivity index (χ0v) is 17.0. The van der Waals surface area contributed by atoms with Gasteiger partial charge in [-0.05, 0) is 42.7 Å². The first kappa shape index (κ1) is 20.2. The lowest BCUT2D eigenvalue weighted by Crippen LogP contribution is -2.43. The van der Waals surface area contributed by atoms with Gasteiger partial charge in [-0.25, -0.2) is 4.79 Å². The molecule has 0 saturated carbocycles. The molecule has 0 aliphatic carbocycles. The first-order valence-corrected chi connectivity index (χ1v) is 10.4. The predicted octanol–water partition coefficient (Wildman–Crippen LogP) is 3.26. The minimum Gasteiger partial charge on any atom is -0.445 e. The van der Waals surface area contributed by atoms with Crippen LogP contribution >= 0.6 is 0 Å². The third kappa shape index (κ3) is 4.91. The molecule has 2 fully saturated rings. The molecule has 2 heterocycles. The van der Waals surface area contributed by atoms with Gasteiger partial charge in [-0.1, -0.05) is 30.3 Å². The second-order valence-electron chi connectivity index (χ2n) is 7.53. The van der Waals surface area contributed by atoms with Gasteiger partial charge in [0, 0.05) is 31.0 Å². The summed E-state index contributed by atoms with van der Waals surface area (Å²) in [5.74, 6) is -0.178. The molecule has 2 amide bonds. The number of rotatable bonds is 5. The molecule has 2 aliphatic heterocycles. The van der Waals surface area contributed by atoms with E-state index < -0.39 is 12.1 Å². The van der Waals surface area contributed by atoms with Crippen LogP contribution < -0.4 is 10.2 Å². The molecular formula is C23H27N3O4. The quantitative estimate of drug-likeness (QED) is 0.821. The number of likely N-dealkylation sites (tertiary alicyclic amines) is 1. The summed E-state index contributed by atoms with van der Waals surface area (Å²) in [6, 6.07) is 16.8. The molecular weight excluding hydrogens is 382 g/mol. The fourth-order valence-electron chi connectivity index (χ4n) is 3.86. The van der Waals surface area contributed by atoms with Gasteiger partial charge >= 0.3 is 6.09 Å². The van der Waals surface area contributed by atoms with Crippen molar-refractivity contribution in [2.75, 3.05) is 43.1 Å². The maximum Gasteiger partial charge on any atom is 0.410 e. The Balaban J connectivity index is 1.32. The third-order valence-electron chi connectivity index (χ3n) is 5.51. The Kier molecular flexibility index (Phi) is 6.49. The summed E-state index contributed by atoms with van der Waals surface area (Å²) in [6.07, 6.45) is 0.978. The number of morpholine rings is 1. The van der Waals surface area contributed by atoms with Gasteiger partial charge in [0.2, 0.25) is 5.91 Å². The molecule has 1 atom stereocenters. The lowest BCUT2D eigenvalue weighted by atomic mass is 10.2. The number of amides is 2. The Morgan fingerprint density at radius 3 is 2.47 bits per heavy atom. The molecule has 0 aromatic heterocycles. The van der Waals surface area contributed by atoms with Crippen LogP contribution in [0, 0.1) is 0 Å². The van der Waals surface area contributed by atoms with E-state index in [1.807, 2.05) is 54.6 Å². The van der Waals surface area contributed by atoms with Crippen LogP contribution in [0.1, 0.15) is 18.4 Å². The number of carbonyl (C=O) groups excluding carboxylic acids is 2. The molecule has 7 heteroatoms. The molecule has 2 aromatic rings. The van der Waals surface area contributed by atoms with Crippen LogP contribution in [0.2, 0.25) is 0 Å². The normalized spacial score (nSPS) is 18.9. The molecule has 4 rings (SSSR count). The predicted molar refractivity (Wildman–Crippen MR) is 114 cm³/mol. The van der Waals surface area contributed by atoms with Crippen molar-refractivity contribution in [1.29, 1.82) is 0 Å². The zero-order chi connectivity index (χ0) is 20.8. The van der Waals surface area contributed by atoms with Crippen LogP contribution in [-0.4, -0.2) is 55.8 Å². The molecule has 0 bridgehead atoms. The van der Waals surface area contributed by atoms with E-state index in [1.54, 1.807) is 0 Å². The van der Waals surface area contributed by atoms with Gasteiger partial charge in [0.25, 0.3) is 0 Å². The van der Waals surface area contributed by atoms with Gasteiger partial charge in [0.1, 0.15) is 12.6 Å². The first-order valence-electron chi connectivity index (χ1n) is 10.4. The maximum atomic E-state index is 12.8. The van der Waals surface area contributed by atoms with Crippen LogP contribution in [0.15, 0.2) is 54.6 Å². The Bertz CT molecular complexity index is 851. The van der Waals surface area contributed by atoms with E-state index in [-0.39, 0.29) is 12.5 Å². The minimum atomic E-state index is -0.507. The topological polar surface area (TPSA) is 71.1 Å². The van der Waals surface area contributed by atoms with Crippen molar-refractivity contribution in [2.45, 2.75) is 25.5 Å². The molecule has 0 spiro atoms. The van der Waals surface area contributed by atoms with E-state index in [0.29, 0.717) is 13.0 Å². The maximum absolute atomic E-state index is 12.8. The van der Waals surface area contributed by atoms with Crippen LogP contribution in [-0.2, 0) is 20.9 Å². The minimum absolute atomic E-state index is 0.178. The van der Waals surface area contributed by atoms with Gasteiger partial charge in [-0.3, -0.25) is 9.69 Å². The highest BCUT2D eigenvalue weighted by Crippen LogP contribution is 2.23. The first-order chi connectivity index (χ1) is 14.7. The van der Waals surface area contributed by atoms with Gasteiger partial charge in [-0.2, -0.15) is 0 Å². The Morgan fingerprint density at radius 1 is 1.00 bits per heavy atom. The second kappa shape index (κ2) is 9.63. The summed E-state index contributed by atoms with van der Waals surface area (Å²) in [6.45, 7) is 3.93. The van der Waals surface area contributed by atoms with E-state index >= 15 is 0 Å². The van der Waals surface area contributed by atoms with Crippen molar-refractivity contribution in [1.82, 2.24) is 4.90 Å². The fourth-order valence-corrected chi connectivity index (χ4v) is 3.86. The molecule has 30 heavy (non-hydrogen) atoms. The average Bonchev–Trinajstić information content (AvgIpc) is 3.30. The molecule has 7 nitrogen and oxygen atoms in total. The second-order valence-corrected chi connectivity index (χ2v) is 7.53. The van der Waals surface area contributed by atoms with E-state index in [9.17, 15) is 9.59 Å². The summed E-state index contributed by atoms with van der Waals surface area (Å²) < 4.78 is 10.8. The van der Waals surface area contributed by atoms with Crippen LogP contribution in [0.3, 0.4) is 0 Å². The van der Waals surface area contributed by atoms with Crippen molar-refractivity contribution in [3.8, 4) is 0 Å². The van der Waals surface area contributed by atoms with Crippen molar-refractivity contribution in [3.63, 3.8) is 0 Å². The smallest absolute Gasteiger partial charge is 0.410 e. The standard InChI is InChI=1S/C23H27N3O4/c27-22(24-19-8-10-20(11-9-19)25-13-15-29-16-14-25)21-7-4-12-26(21)23(28)30-17-18-5-2-1-3-6-18/h1-3,5-6,8-11,21H,4,7,12-17H2,(H,24,27)/t21-/m0/s1. The number of hydrogen-bond acceptors (Lipinski definition) is 5. The van der Waals surface area contributed by atoms with Crippen molar-refractivity contribution >= 4 is 23.4 Å². The summed E-state index contributed by atoms with van der Waals surface area (Å²) >= 11 is 0. The van der Waals surface area contributed by atoms with E-state index in [0.717, 1.165) is 49.7 Å². The number of hydrogen-bond donors (Lipinski definition) is 1. The summed E-state index contributed by atoms with van der Waals surface area (Å²) in [5.41, 5.74) is 2.76. The molecule has 158 valence electrons. The number of benzene rings is 2. The number of carbonyl (C=O) groups is 2. The molecule has 2 aromatic carbocycles. The lowest BCUT2D eigenvalue weighted by molar-refractivity contribution is -0.120. The van der Waals surface area contributed by atoms with Crippen molar-refractivity contribution in [2.24, 2.45) is 0 Å². The zero-order valence-electron chi connectivity index (χ0n) is 17.0. The van der Waals surface area contributed by atoms with Crippen LogP contribution in [0.5, 0.6) is 0 Å². The highest BCUT2D eigenvalue weighted by molar-refractivity contribution is 5.97. The van der Waals surface area contributed by atoms with Crippen LogP contribution in [0.25, 0.3) is 0 Å². The number of anilines is 2. The van der Waals surface area contributed by atoms with Crippen molar-refractivity contribution < 1.29 is 19.1 Å². The van der Waals surface area contributed by atoms with E-state index in [1.165, 1.54) is 4.90 Å². The molecule has 2 aliphatic rings. The monoisotopic (exact) mass is 409 g/mol. The molecule has 0 unspecified atom stereocenters. The summed E-state index contributed by atoms with van der Waals surface area (Å²) in [7, 11) is 0. The number of ether oxygens (including phenoxy) is 2. The van der Waals surface area contributed by atoms with Gasteiger partial charge in [0.15, 0.2) is 0 Å². The number of nitrogens with one attached hydrogen (secondary N) is 1. The number of nitrogens with zero attached hydrogens (tertiary/aromatic N) is 2. The average molecular weight is 409 g/mol. The summed E-state index contributed by atoms with van der Waals surface area (Å²) in [4.78, 5) is 29.1. The van der Waals surface area contributed by atoms with Crippen LogP contribution in [0.4, 0.5) is 16.2 Å². The molecule has 2 saturated heterocycles. The lowest BCUT2D eigenvalue weighted by Gasteiger charge is -2.29. The molecule has 1 N–H and O–H groups in total. The SMILES string of the molecule is O=C(Nc1ccc(N2CCOCC2)cc1)[C@@H]1CCCN1C(=O)OCc1ccccc1. The fraction of sp³-hybridized carbons (Fsp3) is 0.391. The highest BCUT2D eigenvalue weighted by atomic mass is 16.6. The largest absolute Gasteiger partial charge is 0.445 e. The van der Waals surface area contributed by atoms with Gasteiger partial charge in [0.05, 0.1) is 13.2 Å².